The zero-order valence-electron chi connectivity index (χ0n) is 82.3. The van der Waals surface area contributed by atoms with Crippen molar-refractivity contribution in [3.63, 3.8) is 0 Å². The van der Waals surface area contributed by atoms with Gasteiger partial charge in [-0.05, 0) is 156 Å². The largest absolute Gasteiger partial charge is 0.466 e. The molecule has 0 aromatic rings. The molecule has 0 aliphatic rings. The molecule has 0 saturated carbocycles. The number of unbranched alkanes of at least 4 members (excludes halogenated alkanes) is 64. The highest BCUT2D eigenvalue weighted by Crippen LogP contribution is 2.20. The molecule has 1 atom stereocenters. The first-order valence-corrected chi connectivity index (χ1v) is 54.2. The molecule has 120 heavy (non-hydrogen) atoms. The molecule has 0 bridgehead atoms. The summed E-state index contributed by atoms with van der Waals surface area (Å²) in [6.07, 6.45) is 100.0. The third-order valence-electron chi connectivity index (χ3n) is 24.9. The number of ether oxygens (including phenoxy) is 4. The van der Waals surface area contributed by atoms with Crippen molar-refractivity contribution in [1.29, 1.82) is 0 Å². The Morgan fingerprint density at radius 2 is 0.425 bits per heavy atom. The minimum absolute atomic E-state index is 0.0355. The van der Waals surface area contributed by atoms with Crippen LogP contribution in [0.2, 0.25) is 0 Å². The van der Waals surface area contributed by atoms with Crippen molar-refractivity contribution in [2.24, 2.45) is 0 Å². The van der Waals surface area contributed by atoms with E-state index in [4.69, 9.17) is 18.9 Å². The van der Waals surface area contributed by atoms with Crippen molar-refractivity contribution in [3.05, 3.63) is 0 Å². The number of nitrogens with one attached hydrogen (secondary N) is 1. The van der Waals surface area contributed by atoms with Crippen LogP contribution in [-0.4, -0.2) is 149 Å². The number of hydrogen-bond donors (Lipinski definition) is 2. The number of nitrogens with zero attached hydrogens (tertiary/aromatic N) is 3. The molecule has 0 saturated heterocycles. The molecule has 716 valence electrons. The Labute approximate surface area is 749 Å². The third-order valence-corrected chi connectivity index (χ3v) is 24.9. The lowest BCUT2D eigenvalue weighted by Gasteiger charge is -2.25. The van der Waals surface area contributed by atoms with Crippen molar-refractivity contribution in [3.8, 4) is 0 Å². The summed E-state index contributed by atoms with van der Waals surface area (Å²) in [4.78, 5) is 56.8. The first kappa shape index (κ1) is 120. The number of rotatable bonds is 102. The van der Waals surface area contributed by atoms with E-state index in [1.54, 1.807) is 0 Å². The first-order chi connectivity index (χ1) is 59.1. The molecular formula is C107H214N4O9. The van der Waals surface area contributed by atoms with Crippen LogP contribution in [0.3, 0.4) is 0 Å². The molecule has 0 spiro atoms. The Morgan fingerprint density at radius 3 is 0.717 bits per heavy atom. The molecule has 1 unspecified atom stereocenters. The molecule has 0 radical (unpaired) electrons. The topological polar surface area (TPSA) is 147 Å². The van der Waals surface area contributed by atoms with Crippen molar-refractivity contribution >= 4 is 23.9 Å². The van der Waals surface area contributed by atoms with Gasteiger partial charge in [-0.1, -0.05) is 446 Å². The Bertz CT molecular complexity index is 1940. The zero-order valence-corrected chi connectivity index (χ0v) is 82.3. The van der Waals surface area contributed by atoms with Crippen LogP contribution in [0.4, 0.5) is 0 Å². The SMILES string of the molecule is CCCCCCCCCCCCCCCOC(=O)CCCCCC(O)CN(CCCCCCCCCCCCCC)CCCCNCCCCCCCCCCCCCC.CCCCCCCCCCCCOC(=O)CCCN(C)CCCN(CCCC(=O)OCCCCCCCCCCCC)CCCC(=O)OCCCCCCCCCCCC. The molecule has 0 rings (SSSR count). The Morgan fingerprint density at radius 1 is 0.225 bits per heavy atom. The molecule has 0 aromatic carbocycles. The Balaban J connectivity index is 0. The zero-order chi connectivity index (χ0) is 87.3. The molecule has 0 aliphatic carbocycles. The van der Waals surface area contributed by atoms with Crippen molar-refractivity contribution in [2.45, 2.75) is 568 Å². The van der Waals surface area contributed by atoms with Gasteiger partial charge in [0.15, 0.2) is 0 Å². The molecule has 0 aromatic heterocycles. The minimum atomic E-state index is -0.270. The fraction of sp³-hybridized carbons (Fsp3) is 0.963. The number of hydrogen-bond acceptors (Lipinski definition) is 13. The van der Waals surface area contributed by atoms with E-state index in [0.29, 0.717) is 52.1 Å². The molecule has 0 amide bonds. The number of carbonyl (C=O) groups is 4. The lowest BCUT2D eigenvalue weighted by Crippen LogP contribution is -2.34. The molecule has 0 aliphatic heterocycles. The molecule has 2 N–H and O–H groups in total. The van der Waals surface area contributed by atoms with Crippen LogP contribution >= 0.6 is 0 Å². The monoisotopic (exact) mass is 1700 g/mol. The molecular weight excluding hydrogens is 1490 g/mol. The summed E-state index contributed by atoms with van der Waals surface area (Å²) in [5, 5.41) is 14.7. The highest BCUT2D eigenvalue weighted by atomic mass is 16.5. The maximum atomic E-state index is 12.5. The average Bonchev–Trinajstić information content (AvgIpc) is 0.965. The Hall–Kier alpha value is -2.32. The lowest BCUT2D eigenvalue weighted by atomic mass is 10.0. The van der Waals surface area contributed by atoms with Crippen LogP contribution < -0.4 is 5.32 Å². The second-order valence-electron chi connectivity index (χ2n) is 37.3. The summed E-state index contributed by atoms with van der Waals surface area (Å²) in [6.45, 7) is 25.5. The van der Waals surface area contributed by atoms with Crippen LogP contribution in [0.15, 0.2) is 0 Å². The van der Waals surface area contributed by atoms with Gasteiger partial charge in [0, 0.05) is 32.2 Å². The van der Waals surface area contributed by atoms with Gasteiger partial charge in [-0.2, -0.15) is 0 Å². The smallest absolute Gasteiger partial charge is 0.305 e. The van der Waals surface area contributed by atoms with Crippen LogP contribution in [0.1, 0.15) is 562 Å². The van der Waals surface area contributed by atoms with Gasteiger partial charge < -0.3 is 44.1 Å². The van der Waals surface area contributed by atoms with E-state index in [-0.39, 0.29) is 30.0 Å². The van der Waals surface area contributed by atoms with Crippen molar-refractivity contribution in [2.75, 3.05) is 98.9 Å². The summed E-state index contributed by atoms with van der Waals surface area (Å²) in [6, 6.07) is 0. The van der Waals surface area contributed by atoms with Crippen LogP contribution in [0.5, 0.6) is 0 Å². The third kappa shape index (κ3) is 103. The fourth-order valence-electron chi connectivity index (χ4n) is 16.8. The maximum Gasteiger partial charge on any atom is 0.305 e. The van der Waals surface area contributed by atoms with E-state index in [9.17, 15) is 24.3 Å². The fourth-order valence-corrected chi connectivity index (χ4v) is 16.8. The van der Waals surface area contributed by atoms with Crippen LogP contribution in [0, 0.1) is 0 Å². The normalized spacial score (nSPS) is 11.9. The van der Waals surface area contributed by atoms with Crippen LogP contribution in [-0.2, 0) is 38.1 Å². The van der Waals surface area contributed by atoms with E-state index < -0.39 is 0 Å². The summed E-state index contributed by atoms with van der Waals surface area (Å²) in [5.41, 5.74) is 0. The van der Waals surface area contributed by atoms with Crippen LogP contribution in [0.25, 0.3) is 0 Å². The minimum Gasteiger partial charge on any atom is -0.466 e. The highest BCUT2D eigenvalue weighted by molar-refractivity contribution is 5.70. The van der Waals surface area contributed by atoms with Gasteiger partial charge in [0.25, 0.3) is 0 Å². The predicted molar refractivity (Wildman–Crippen MR) is 521 cm³/mol. The lowest BCUT2D eigenvalue weighted by molar-refractivity contribution is -0.145. The van der Waals surface area contributed by atoms with E-state index in [1.165, 1.54) is 398 Å². The van der Waals surface area contributed by atoms with Gasteiger partial charge in [0.1, 0.15) is 0 Å². The number of aliphatic hydroxyl groups excluding tert-OH is 1. The van der Waals surface area contributed by atoms with Gasteiger partial charge in [0.05, 0.1) is 32.5 Å². The Kier molecular flexibility index (Phi) is 105. The quantitative estimate of drug-likeness (QED) is 0.0339. The van der Waals surface area contributed by atoms with E-state index in [2.05, 4.69) is 68.6 Å². The number of esters is 4. The van der Waals surface area contributed by atoms with Crippen molar-refractivity contribution in [1.82, 2.24) is 20.0 Å². The second kappa shape index (κ2) is 105. The standard InChI is InChI=1S/C55H112N2O3.C52H102N2O6/c1-4-7-10-13-16-19-22-25-28-31-34-37-45-52-60-55(59)47-40-38-39-46-54(58)53-57(50-43-36-33-30-27-24-21-18-15-12-9-6-3)51-44-42-49-56-48-41-35-32-29-26-23-20-17-14-11-8-5-2;1-5-8-11-14-17-20-23-26-29-32-47-58-50(55)39-35-42-53(4)43-38-46-54(44-36-40-51(56)59-48-33-30-27-24-21-18-15-12-9-6-2)45-37-41-52(57)60-49-34-31-28-25-22-19-16-13-10-7-3/h54,56,58H,4-53H2,1-3H3;5-49H2,1-4H3. The highest BCUT2D eigenvalue weighted by Gasteiger charge is 2.16. The van der Waals surface area contributed by atoms with E-state index in [0.717, 1.165) is 162 Å². The maximum absolute atomic E-state index is 12.5. The van der Waals surface area contributed by atoms with Gasteiger partial charge in [-0.3, -0.25) is 19.2 Å². The second-order valence-corrected chi connectivity index (χ2v) is 37.3. The van der Waals surface area contributed by atoms with Gasteiger partial charge in [0.2, 0.25) is 0 Å². The summed E-state index contributed by atoms with van der Waals surface area (Å²) < 4.78 is 22.2. The van der Waals surface area contributed by atoms with E-state index >= 15 is 0 Å². The molecule has 0 heterocycles. The summed E-state index contributed by atoms with van der Waals surface area (Å²) in [5.74, 6) is -0.299. The summed E-state index contributed by atoms with van der Waals surface area (Å²) >= 11 is 0. The first-order valence-electron chi connectivity index (χ1n) is 54.2. The molecule has 13 heteroatoms. The van der Waals surface area contributed by atoms with Crippen molar-refractivity contribution < 1.29 is 43.2 Å². The molecule has 0 fully saturated rings. The molecule has 13 nitrogen and oxygen atoms in total. The van der Waals surface area contributed by atoms with Gasteiger partial charge >= 0.3 is 23.9 Å². The number of aliphatic hydroxyl groups is 1. The number of carbonyl (C=O) groups excluding carboxylic acids is 4. The van der Waals surface area contributed by atoms with Gasteiger partial charge in [-0.15, -0.1) is 0 Å². The van der Waals surface area contributed by atoms with Gasteiger partial charge in [-0.25, -0.2) is 0 Å². The predicted octanol–water partition coefficient (Wildman–Crippen LogP) is 31.3. The van der Waals surface area contributed by atoms with E-state index in [1.807, 2.05) is 0 Å². The summed E-state index contributed by atoms with van der Waals surface area (Å²) in [7, 11) is 2.12. The average molecular weight is 1700 g/mol.